The molecule has 1 aromatic carbocycles. The standard InChI is InChI=1S/C29H53NO3Si/c1-8-11-21-34(22-12-9-2,23-13-10-3)33-20-19-27(24(4)5)29(32)30(7)25(6)28(31)26-17-15-14-16-18-26/h14-18,24-25,27-28,31H,8-13,19-23H2,1-7H3/t25-,27-,28+/m0/s1. The number of carbonyl (C=O) groups excluding carboxylic acids is 1. The molecular weight excluding hydrogens is 438 g/mol. The minimum atomic E-state index is -1.77. The molecule has 0 aliphatic rings. The molecule has 0 radical (unpaired) electrons. The summed E-state index contributed by atoms with van der Waals surface area (Å²) in [5, 5.41) is 10.8. The van der Waals surface area contributed by atoms with Gasteiger partial charge in [0.05, 0.1) is 12.1 Å². The van der Waals surface area contributed by atoms with Crippen molar-refractivity contribution in [3.05, 3.63) is 35.9 Å². The van der Waals surface area contributed by atoms with Crippen molar-refractivity contribution in [1.29, 1.82) is 0 Å². The van der Waals surface area contributed by atoms with Gasteiger partial charge in [0.15, 0.2) is 8.32 Å². The number of carbonyl (C=O) groups is 1. The lowest BCUT2D eigenvalue weighted by Gasteiger charge is -2.35. The molecule has 1 amide bonds. The van der Waals surface area contributed by atoms with E-state index in [1.54, 1.807) is 4.90 Å². The fourth-order valence-electron chi connectivity index (χ4n) is 4.84. The summed E-state index contributed by atoms with van der Waals surface area (Å²) >= 11 is 0. The second kappa shape index (κ2) is 16.5. The summed E-state index contributed by atoms with van der Waals surface area (Å²) in [4.78, 5) is 15.3. The van der Waals surface area contributed by atoms with Gasteiger partial charge in [0.2, 0.25) is 5.91 Å². The number of rotatable bonds is 18. The van der Waals surface area contributed by atoms with E-state index in [1.807, 2.05) is 44.3 Å². The molecule has 0 saturated heterocycles. The van der Waals surface area contributed by atoms with Gasteiger partial charge >= 0.3 is 0 Å². The normalized spacial score (nSPS) is 14.7. The number of nitrogens with zero attached hydrogens (tertiary/aromatic N) is 1. The van der Waals surface area contributed by atoms with Crippen LogP contribution >= 0.6 is 0 Å². The Kier molecular flexibility index (Phi) is 15.0. The number of amides is 1. The van der Waals surface area contributed by atoms with Gasteiger partial charge in [0.1, 0.15) is 0 Å². The molecule has 4 nitrogen and oxygen atoms in total. The van der Waals surface area contributed by atoms with Gasteiger partial charge in [-0.1, -0.05) is 103 Å². The quantitative estimate of drug-likeness (QED) is 0.215. The van der Waals surface area contributed by atoms with Crippen LogP contribution in [-0.2, 0) is 9.22 Å². The highest BCUT2D eigenvalue weighted by Gasteiger charge is 2.35. The highest BCUT2D eigenvalue weighted by atomic mass is 28.4. The topological polar surface area (TPSA) is 49.8 Å². The summed E-state index contributed by atoms with van der Waals surface area (Å²) in [7, 11) is 0.0608. The van der Waals surface area contributed by atoms with Gasteiger partial charge in [-0.3, -0.25) is 4.79 Å². The average Bonchev–Trinajstić information content (AvgIpc) is 2.85. The van der Waals surface area contributed by atoms with Gasteiger partial charge < -0.3 is 14.4 Å². The summed E-state index contributed by atoms with van der Waals surface area (Å²) < 4.78 is 6.84. The molecule has 1 N–H and O–H groups in total. The van der Waals surface area contributed by atoms with Crippen LogP contribution in [0, 0.1) is 11.8 Å². The van der Waals surface area contributed by atoms with E-state index in [0.29, 0.717) is 6.61 Å². The number of aliphatic hydroxyl groups is 1. The second-order valence-electron chi connectivity index (χ2n) is 10.5. The number of aliphatic hydroxyl groups excluding tert-OH is 1. The second-order valence-corrected chi connectivity index (χ2v) is 14.7. The van der Waals surface area contributed by atoms with Crippen molar-refractivity contribution in [2.75, 3.05) is 13.7 Å². The molecule has 1 rings (SSSR count). The Morgan fingerprint density at radius 2 is 1.44 bits per heavy atom. The van der Waals surface area contributed by atoms with Crippen LogP contribution in [-0.4, -0.2) is 43.9 Å². The Morgan fingerprint density at radius 3 is 1.88 bits per heavy atom. The first-order valence-electron chi connectivity index (χ1n) is 13.9. The number of hydrogen-bond acceptors (Lipinski definition) is 3. The van der Waals surface area contributed by atoms with Gasteiger partial charge in [0.25, 0.3) is 0 Å². The lowest BCUT2D eigenvalue weighted by atomic mass is 9.90. The molecule has 0 fully saturated rings. The Morgan fingerprint density at radius 1 is 0.941 bits per heavy atom. The van der Waals surface area contributed by atoms with E-state index in [9.17, 15) is 9.90 Å². The van der Waals surface area contributed by atoms with Crippen molar-refractivity contribution in [3.63, 3.8) is 0 Å². The zero-order valence-electron chi connectivity index (χ0n) is 23.2. The maximum Gasteiger partial charge on any atom is 0.226 e. The molecule has 0 aliphatic heterocycles. The fraction of sp³-hybridized carbons (Fsp3) is 0.759. The smallest absolute Gasteiger partial charge is 0.226 e. The highest BCUT2D eigenvalue weighted by Crippen LogP contribution is 2.31. The highest BCUT2D eigenvalue weighted by molar-refractivity contribution is 6.73. The third-order valence-electron chi connectivity index (χ3n) is 7.47. The Labute approximate surface area is 211 Å². The lowest BCUT2D eigenvalue weighted by Crippen LogP contribution is -2.44. The summed E-state index contributed by atoms with van der Waals surface area (Å²) in [6, 6.07) is 13.1. The van der Waals surface area contributed by atoms with Crippen LogP contribution in [0.5, 0.6) is 0 Å². The predicted octanol–water partition coefficient (Wildman–Crippen LogP) is 7.59. The van der Waals surface area contributed by atoms with Crippen molar-refractivity contribution in [2.45, 2.75) is 117 Å². The molecule has 1 aromatic rings. The molecule has 0 aromatic heterocycles. The van der Waals surface area contributed by atoms with Crippen LogP contribution in [0.15, 0.2) is 30.3 Å². The predicted molar refractivity (Wildman–Crippen MR) is 147 cm³/mol. The van der Waals surface area contributed by atoms with Crippen molar-refractivity contribution in [1.82, 2.24) is 4.90 Å². The molecule has 0 heterocycles. The Balaban J connectivity index is 2.86. The molecule has 196 valence electrons. The summed E-state index contributed by atoms with van der Waals surface area (Å²) in [6.07, 6.45) is 7.48. The molecular formula is C29H53NO3Si. The Bertz CT molecular complexity index is 645. The minimum absolute atomic E-state index is 0.0920. The van der Waals surface area contributed by atoms with Crippen LogP contribution < -0.4 is 0 Å². The van der Waals surface area contributed by atoms with Gasteiger partial charge in [-0.25, -0.2) is 0 Å². The van der Waals surface area contributed by atoms with E-state index in [4.69, 9.17) is 4.43 Å². The molecule has 0 bridgehead atoms. The first-order chi connectivity index (χ1) is 16.2. The molecule has 0 unspecified atom stereocenters. The first-order valence-corrected chi connectivity index (χ1v) is 16.4. The van der Waals surface area contributed by atoms with E-state index in [2.05, 4.69) is 34.6 Å². The van der Waals surface area contributed by atoms with E-state index in [-0.39, 0.29) is 23.8 Å². The number of benzene rings is 1. The van der Waals surface area contributed by atoms with Crippen molar-refractivity contribution in [3.8, 4) is 0 Å². The number of hydrogen-bond donors (Lipinski definition) is 1. The minimum Gasteiger partial charge on any atom is -0.417 e. The average molecular weight is 492 g/mol. The zero-order valence-corrected chi connectivity index (χ0v) is 24.2. The summed E-state index contributed by atoms with van der Waals surface area (Å²) in [5.41, 5.74) is 0.845. The van der Waals surface area contributed by atoms with Crippen LogP contribution in [0.3, 0.4) is 0 Å². The molecule has 34 heavy (non-hydrogen) atoms. The van der Waals surface area contributed by atoms with Crippen molar-refractivity contribution in [2.24, 2.45) is 11.8 Å². The van der Waals surface area contributed by atoms with Crippen LogP contribution in [0.1, 0.15) is 98.2 Å². The fourth-order valence-corrected chi connectivity index (χ4v) is 9.56. The van der Waals surface area contributed by atoms with E-state index in [0.717, 1.165) is 12.0 Å². The van der Waals surface area contributed by atoms with Crippen LogP contribution in [0.4, 0.5) is 0 Å². The van der Waals surface area contributed by atoms with Crippen molar-refractivity contribution < 1.29 is 14.3 Å². The molecule has 0 spiro atoms. The third kappa shape index (κ3) is 9.83. The summed E-state index contributed by atoms with van der Waals surface area (Å²) in [5.74, 6) is 0.257. The van der Waals surface area contributed by atoms with E-state index in [1.165, 1.54) is 56.7 Å². The Hall–Kier alpha value is -1.17. The largest absolute Gasteiger partial charge is 0.417 e. The number of likely N-dealkylation sites (N-methyl/N-ethyl adjacent to an activating group) is 1. The molecule has 3 atom stereocenters. The van der Waals surface area contributed by atoms with Gasteiger partial charge in [-0.05, 0) is 43.0 Å². The maximum absolute atomic E-state index is 13.5. The van der Waals surface area contributed by atoms with Crippen molar-refractivity contribution >= 4 is 14.2 Å². The van der Waals surface area contributed by atoms with Gasteiger partial charge in [-0.15, -0.1) is 0 Å². The van der Waals surface area contributed by atoms with E-state index >= 15 is 0 Å². The third-order valence-corrected chi connectivity index (χ3v) is 12.1. The first kappa shape index (κ1) is 30.9. The molecule has 5 heteroatoms. The van der Waals surface area contributed by atoms with Crippen LogP contribution in [0.25, 0.3) is 0 Å². The van der Waals surface area contributed by atoms with Gasteiger partial charge in [-0.2, -0.15) is 0 Å². The lowest BCUT2D eigenvalue weighted by molar-refractivity contribution is -0.140. The number of unbranched alkanes of at least 4 members (excludes halogenated alkanes) is 3. The monoisotopic (exact) mass is 491 g/mol. The van der Waals surface area contributed by atoms with E-state index < -0.39 is 14.4 Å². The summed E-state index contributed by atoms with van der Waals surface area (Å²) in [6.45, 7) is 13.7. The zero-order chi connectivity index (χ0) is 25.6. The maximum atomic E-state index is 13.5. The molecule has 0 aliphatic carbocycles. The van der Waals surface area contributed by atoms with Crippen LogP contribution in [0.2, 0.25) is 18.1 Å². The molecule has 0 saturated carbocycles. The van der Waals surface area contributed by atoms with Gasteiger partial charge in [0, 0.05) is 19.6 Å². The SMILES string of the molecule is CCCC[Si](CCCC)(CCCC)OCC[C@H](C(=O)N(C)[C@@H](C)[C@@H](O)c1ccccc1)C(C)C.